The van der Waals surface area contributed by atoms with Crippen LogP contribution in [0.2, 0.25) is 0 Å². The van der Waals surface area contributed by atoms with Gasteiger partial charge in [0.15, 0.2) is 0 Å². The van der Waals surface area contributed by atoms with Gasteiger partial charge < -0.3 is 15.0 Å². The smallest absolute Gasteiger partial charge is 0.229 e. The first-order valence-electron chi connectivity index (χ1n) is 8.86. The van der Waals surface area contributed by atoms with Crippen molar-refractivity contribution in [2.45, 2.75) is 6.42 Å². The van der Waals surface area contributed by atoms with Crippen molar-refractivity contribution in [3.8, 4) is 5.75 Å². The Balaban J connectivity index is 1.56. The number of nitrogens with one attached hydrogen (secondary N) is 1. The second kappa shape index (κ2) is 7.26. The molecule has 3 aromatic rings. The van der Waals surface area contributed by atoms with Gasteiger partial charge in [0.1, 0.15) is 17.1 Å². The molecule has 6 nitrogen and oxygen atoms in total. The Labute approximate surface area is 160 Å². The van der Waals surface area contributed by atoms with Crippen molar-refractivity contribution >= 4 is 34.1 Å². The van der Waals surface area contributed by atoms with Crippen molar-refractivity contribution in [1.82, 2.24) is 4.98 Å². The zero-order chi connectivity index (χ0) is 19.7. The SMILES string of the molecule is COc1ccc(NC(=O)C2CC(=O)N(c3ccccc3F)C2)c2cccnc12. The summed E-state index contributed by atoms with van der Waals surface area (Å²) in [4.78, 5) is 30.8. The Hall–Kier alpha value is -3.48. The number of nitrogens with zero attached hydrogens (tertiary/aromatic N) is 2. The van der Waals surface area contributed by atoms with Crippen molar-refractivity contribution in [3.63, 3.8) is 0 Å². The van der Waals surface area contributed by atoms with Gasteiger partial charge >= 0.3 is 0 Å². The van der Waals surface area contributed by atoms with Gasteiger partial charge in [-0.1, -0.05) is 12.1 Å². The fourth-order valence-electron chi connectivity index (χ4n) is 3.44. The van der Waals surface area contributed by atoms with Crippen LogP contribution in [-0.2, 0) is 9.59 Å². The average molecular weight is 379 g/mol. The van der Waals surface area contributed by atoms with Gasteiger partial charge in [0.2, 0.25) is 11.8 Å². The maximum atomic E-state index is 14.0. The lowest BCUT2D eigenvalue weighted by Crippen LogP contribution is -2.28. The first-order chi connectivity index (χ1) is 13.6. The fourth-order valence-corrected chi connectivity index (χ4v) is 3.44. The summed E-state index contributed by atoms with van der Waals surface area (Å²) < 4.78 is 19.3. The summed E-state index contributed by atoms with van der Waals surface area (Å²) in [5.41, 5.74) is 1.42. The molecule has 2 aromatic carbocycles. The summed E-state index contributed by atoms with van der Waals surface area (Å²) in [6.07, 6.45) is 1.69. The largest absolute Gasteiger partial charge is 0.494 e. The summed E-state index contributed by atoms with van der Waals surface area (Å²) >= 11 is 0. The van der Waals surface area contributed by atoms with Crippen molar-refractivity contribution < 1.29 is 18.7 Å². The normalized spacial score (nSPS) is 16.4. The Morgan fingerprint density at radius 1 is 1.21 bits per heavy atom. The van der Waals surface area contributed by atoms with Gasteiger partial charge in [0.05, 0.1) is 24.4 Å². The van der Waals surface area contributed by atoms with Crippen LogP contribution in [0.25, 0.3) is 10.9 Å². The predicted molar refractivity (Wildman–Crippen MR) is 104 cm³/mol. The zero-order valence-corrected chi connectivity index (χ0v) is 15.2. The average Bonchev–Trinajstić information content (AvgIpc) is 3.10. The maximum Gasteiger partial charge on any atom is 0.229 e. The molecule has 1 aliphatic rings. The zero-order valence-electron chi connectivity index (χ0n) is 15.2. The van der Waals surface area contributed by atoms with Gasteiger partial charge in [-0.2, -0.15) is 0 Å². The number of pyridine rings is 1. The lowest BCUT2D eigenvalue weighted by Gasteiger charge is -2.17. The van der Waals surface area contributed by atoms with E-state index in [1.807, 2.05) is 6.07 Å². The second-order valence-corrected chi connectivity index (χ2v) is 6.56. The number of aromatic nitrogens is 1. The summed E-state index contributed by atoms with van der Waals surface area (Å²) in [6, 6.07) is 13.1. The summed E-state index contributed by atoms with van der Waals surface area (Å²) in [7, 11) is 1.56. The molecular weight excluding hydrogens is 361 g/mol. The van der Waals surface area contributed by atoms with E-state index in [0.29, 0.717) is 17.0 Å². The molecule has 2 amide bonds. The van der Waals surface area contributed by atoms with Crippen molar-refractivity contribution in [2.75, 3.05) is 23.9 Å². The molecule has 1 N–H and O–H groups in total. The van der Waals surface area contributed by atoms with Crippen LogP contribution in [0.15, 0.2) is 54.7 Å². The number of halogens is 1. The minimum atomic E-state index is -0.569. The lowest BCUT2D eigenvalue weighted by molar-refractivity contribution is -0.122. The molecule has 142 valence electrons. The number of hydrogen-bond donors (Lipinski definition) is 1. The number of para-hydroxylation sites is 1. The summed E-state index contributed by atoms with van der Waals surface area (Å²) in [6.45, 7) is 0.137. The van der Waals surface area contributed by atoms with E-state index < -0.39 is 11.7 Å². The molecule has 4 rings (SSSR count). The minimum absolute atomic E-state index is 0.0342. The molecule has 1 aliphatic heterocycles. The number of fused-ring (bicyclic) bond motifs is 1. The molecule has 1 atom stereocenters. The Kier molecular flexibility index (Phi) is 4.65. The Bertz CT molecular complexity index is 1070. The van der Waals surface area contributed by atoms with Crippen LogP contribution < -0.4 is 15.0 Å². The third-order valence-electron chi connectivity index (χ3n) is 4.85. The van der Waals surface area contributed by atoms with Crippen LogP contribution in [0, 0.1) is 11.7 Å². The molecule has 2 heterocycles. The second-order valence-electron chi connectivity index (χ2n) is 6.56. The third kappa shape index (κ3) is 3.15. The third-order valence-corrected chi connectivity index (χ3v) is 4.85. The Morgan fingerprint density at radius 2 is 2.04 bits per heavy atom. The minimum Gasteiger partial charge on any atom is -0.494 e. The molecule has 28 heavy (non-hydrogen) atoms. The number of carbonyl (C=O) groups excluding carboxylic acids is 2. The number of ether oxygens (including phenoxy) is 1. The highest BCUT2D eigenvalue weighted by molar-refractivity contribution is 6.07. The highest BCUT2D eigenvalue weighted by Crippen LogP contribution is 2.32. The van der Waals surface area contributed by atoms with Crippen LogP contribution in [0.5, 0.6) is 5.75 Å². The van der Waals surface area contributed by atoms with Gasteiger partial charge in [-0.25, -0.2) is 4.39 Å². The molecule has 1 fully saturated rings. The Morgan fingerprint density at radius 3 is 2.82 bits per heavy atom. The standard InChI is InChI=1S/C21H18FN3O3/c1-28-18-9-8-16(14-5-4-10-23-20(14)18)24-21(27)13-11-19(26)25(12-13)17-7-3-2-6-15(17)22/h2-10,13H,11-12H2,1H3,(H,24,27). The first kappa shape index (κ1) is 17.9. The van der Waals surface area contributed by atoms with Gasteiger partial charge in [-0.05, 0) is 36.4 Å². The van der Waals surface area contributed by atoms with Crippen molar-refractivity contribution in [3.05, 3.63) is 60.5 Å². The molecule has 0 radical (unpaired) electrons. The molecule has 0 spiro atoms. The van der Waals surface area contributed by atoms with Gasteiger partial charge in [0.25, 0.3) is 0 Å². The maximum absolute atomic E-state index is 14.0. The number of hydrogen-bond acceptors (Lipinski definition) is 4. The van der Waals surface area contributed by atoms with Crippen LogP contribution in [0.4, 0.5) is 15.8 Å². The topological polar surface area (TPSA) is 71.5 Å². The number of rotatable bonds is 4. The van der Waals surface area contributed by atoms with Gasteiger partial charge in [-0.15, -0.1) is 0 Å². The number of benzene rings is 2. The van der Waals surface area contributed by atoms with E-state index in [-0.39, 0.29) is 30.5 Å². The lowest BCUT2D eigenvalue weighted by atomic mass is 10.1. The molecule has 1 saturated heterocycles. The highest BCUT2D eigenvalue weighted by atomic mass is 19.1. The first-order valence-corrected chi connectivity index (χ1v) is 8.86. The van der Waals surface area contributed by atoms with E-state index in [2.05, 4.69) is 10.3 Å². The molecule has 0 aliphatic carbocycles. The van der Waals surface area contributed by atoms with Crippen LogP contribution >= 0.6 is 0 Å². The van der Waals surface area contributed by atoms with Crippen LogP contribution in [0.3, 0.4) is 0 Å². The molecule has 1 unspecified atom stereocenters. The number of anilines is 2. The van der Waals surface area contributed by atoms with Crippen LogP contribution in [-0.4, -0.2) is 30.5 Å². The highest BCUT2D eigenvalue weighted by Gasteiger charge is 2.36. The fraction of sp³-hybridized carbons (Fsp3) is 0.190. The molecular formula is C21H18FN3O3. The quantitative estimate of drug-likeness (QED) is 0.754. The number of carbonyl (C=O) groups is 2. The molecule has 7 heteroatoms. The van der Waals surface area contributed by atoms with Crippen molar-refractivity contribution in [1.29, 1.82) is 0 Å². The number of amides is 2. The molecule has 1 aromatic heterocycles. The number of methoxy groups -OCH3 is 1. The van der Waals surface area contributed by atoms with E-state index in [1.54, 1.807) is 43.6 Å². The van der Waals surface area contributed by atoms with E-state index in [9.17, 15) is 14.0 Å². The van der Waals surface area contributed by atoms with E-state index in [4.69, 9.17) is 4.74 Å². The monoisotopic (exact) mass is 379 g/mol. The van der Waals surface area contributed by atoms with Gasteiger partial charge in [0, 0.05) is 24.5 Å². The van der Waals surface area contributed by atoms with Gasteiger partial charge in [-0.3, -0.25) is 14.6 Å². The predicted octanol–water partition coefficient (Wildman–Crippen LogP) is 3.37. The molecule has 0 saturated carbocycles. The molecule has 0 bridgehead atoms. The summed E-state index contributed by atoms with van der Waals surface area (Å²) in [5.74, 6) is -1.01. The van der Waals surface area contributed by atoms with Crippen LogP contribution in [0.1, 0.15) is 6.42 Å². The van der Waals surface area contributed by atoms with Crippen molar-refractivity contribution in [2.24, 2.45) is 5.92 Å². The van der Waals surface area contributed by atoms with E-state index in [1.165, 1.54) is 17.0 Å². The van der Waals surface area contributed by atoms with E-state index >= 15 is 0 Å². The van der Waals surface area contributed by atoms with E-state index in [0.717, 1.165) is 5.39 Å². The summed E-state index contributed by atoms with van der Waals surface area (Å²) in [5, 5.41) is 3.62.